The lowest BCUT2D eigenvalue weighted by atomic mass is 9.92. The normalized spacial score (nSPS) is 25.8. The Morgan fingerprint density at radius 2 is 1.87 bits per heavy atom. The van der Waals surface area contributed by atoms with Crippen molar-refractivity contribution < 1.29 is 0 Å². The van der Waals surface area contributed by atoms with Gasteiger partial charge in [0, 0.05) is 5.38 Å². The molecule has 0 spiro atoms. The Kier molecular flexibility index (Phi) is 3.35. The Morgan fingerprint density at radius 1 is 1.20 bits per heavy atom. The lowest BCUT2D eigenvalue weighted by Crippen LogP contribution is -2.03. The van der Waals surface area contributed by atoms with Crippen molar-refractivity contribution in [2.75, 3.05) is 0 Å². The number of alkyl halides is 1. The van der Waals surface area contributed by atoms with Crippen molar-refractivity contribution in [2.24, 2.45) is 5.92 Å². The van der Waals surface area contributed by atoms with Crippen LogP contribution in [-0.2, 0) is 6.42 Å². The Bertz CT molecular complexity index is 323. The predicted octanol–water partition coefficient (Wildman–Crippen LogP) is 4.25. The molecule has 1 aliphatic rings. The average molecular weight is 223 g/mol. The fourth-order valence-corrected chi connectivity index (χ4v) is 3.04. The van der Waals surface area contributed by atoms with Gasteiger partial charge in [-0.1, -0.05) is 18.2 Å². The monoisotopic (exact) mass is 222 g/mol. The van der Waals surface area contributed by atoms with Gasteiger partial charge in [0.2, 0.25) is 0 Å². The SMILES string of the molecule is Cc1cccc(C)c1CC1CCC(Cl)C1. The smallest absolute Gasteiger partial charge is 0.0338 e. The van der Waals surface area contributed by atoms with Crippen molar-refractivity contribution in [2.45, 2.75) is 44.9 Å². The highest BCUT2D eigenvalue weighted by atomic mass is 35.5. The van der Waals surface area contributed by atoms with E-state index >= 15 is 0 Å². The van der Waals surface area contributed by atoms with Gasteiger partial charge in [-0.05, 0) is 62.1 Å². The number of aryl methyl sites for hydroxylation is 2. The van der Waals surface area contributed by atoms with Gasteiger partial charge < -0.3 is 0 Å². The maximum absolute atomic E-state index is 6.15. The van der Waals surface area contributed by atoms with Crippen molar-refractivity contribution in [1.29, 1.82) is 0 Å². The molecule has 15 heavy (non-hydrogen) atoms. The summed E-state index contributed by atoms with van der Waals surface area (Å²) in [5, 5.41) is 0.430. The first-order valence-electron chi connectivity index (χ1n) is 5.86. The molecule has 1 heteroatoms. The summed E-state index contributed by atoms with van der Waals surface area (Å²) in [6.07, 6.45) is 4.94. The lowest BCUT2D eigenvalue weighted by molar-refractivity contribution is 0.544. The van der Waals surface area contributed by atoms with Crippen molar-refractivity contribution in [3.05, 3.63) is 34.9 Å². The summed E-state index contributed by atoms with van der Waals surface area (Å²) in [4.78, 5) is 0. The van der Waals surface area contributed by atoms with Gasteiger partial charge in [-0.15, -0.1) is 11.6 Å². The van der Waals surface area contributed by atoms with Crippen molar-refractivity contribution in [3.8, 4) is 0 Å². The first-order valence-corrected chi connectivity index (χ1v) is 6.29. The van der Waals surface area contributed by atoms with E-state index in [1.54, 1.807) is 5.56 Å². The van der Waals surface area contributed by atoms with E-state index in [9.17, 15) is 0 Å². The maximum Gasteiger partial charge on any atom is 0.0338 e. The first kappa shape index (κ1) is 11.0. The van der Waals surface area contributed by atoms with Crippen molar-refractivity contribution in [3.63, 3.8) is 0 Å². The molecule has 1 saturated carbocycles. The van der Waals surface area contributed by atoms with Crippen LogP contribution >= 0.6 is 11.6 Å². The number of halogens is 1. The Labute approximate surface area is 97.6 Å². The van der Waals surface area contributed by atoms with Crippen LogP contribution in [-0.4, -0.2) is 5.38 Å². The van der Waals surface area contributed by atoms with Gasteiger partial charge in [0.15, 0.2) is 0 Å². The van der Waals surface area contributed by atoms with Gasteiger partial charge in [0.25, 0.3) is 0 Å². The Morgan fingerprint density at radius 3 is 2.40 bits per heavy atom. The average Bonchev–Trinajstić information content (AvgIpc) is 2.58. The highest BCUT2D eigenvalue weighted by Gasteiger charge is 2.23. The van der Waals surface area contributed by atoms with Crippen LogP contribution in [0.3, 0.4) is 0 Å². The van der Waals surface area contributed by atoms with E-state index in [0.717, 1.165) is 5.92 Å². The fraction of sp³-hybridized carbons (Fsp3) is 0.571. The Hall–Kier alpha value is -0.490. The van der Waals surface area contributed by atoms with Crippen LogP contribution < -0.4 is 0 Å². The summed E-state index contributed by atoms with van der Waals surface area (Å²) >= 11 is 6.15. The highest BCUT2D eigenvalue weighted by molar-refractivity contribution is 6.20. The van der Waals surface area contributed by atoms with Crippen LogP contribution in [0.15, 0.2) is 18.2 Å². The van der Waals surface area contributed by atoms with Gasteiger partial charge in [0.1, 0.15) is 0 Å². The molecule has 0 aromatic heterocycles. The quantitative estimate of drug-likeness (QED) is 0.657. The molecule has 1 fully saturated rings. The zero-order valence-corrected chi connectivity index (χ0v) is 10.3. The second-order valence-electron chi connectivity index (χ2n) is 4.85. The molecule has 2 atom stereocenters. The minimum Gasteiger partial charge on any atom is -0.123 e. The van der Waals surface area contributed by atoms with Crippen LogP contribution in [0, 0.1) is 19.8 Å². The van der Waals surface area contributed by atoms with Crippen LogP contribution in [0.2, 0.25) is 0 Å². The molecule has 82 valence electrons. The van der Waals surface area contributed by atoms with Gasteiger partial charge in [-0.2, -0.15) is 0 Å². The molecule has 1 aliphatic carbocycles. The molecule has 0 heterocycles. The third-order valence-corrected chi connectivity index (χ3v) is 4.01. The number of hydrogen-bond donors (Lipinski definition) is 0. The molecule has 0 nitrogen and oxygen atoms in total. The second-order valence-corrected chi connectivity index (χ2v) is 5.47. The third-order valence-electron chi connectivity index (χ3n) is 3.61. The van der Waals surface area contributed by atoms with Crippen LogP contribution in [0.25, 0.3) is 0 Å². The van der Waals surface area contributed by atoms with Gasteiger partial charge in [-0.3, -0.25) is 0 Å². The summed E-state index contributed by atoms with van der Waals surface area (Å²) in [6.45, 7) is 4.44. The number of benzene rings is 1. The summed E-state index contributed by atoms with van der Waals surface area (Å²) in [5.74, 6) is 0.812. The predicted molar refractivity (Wildman–Crippen MR) is 66.6 cm³/mol. The zero-order chi connectivity index (χ0) is 10.8. The van der Waals surface area contributed by atoms with Crippen LogP contribution in [0.1, 0.15) is 36.0 Å². The minimum atomic E-state index is 0.430. The van der Waals surface area contributed by atoms with Crippen LogP contribution in [0.4, 0.5) is 0 Å². The van der Waals surface area contributed by atoms with E-state index < -0.39 is 0 Å². The number of rotatable bonds is 2. The molecule has 0 aliphatic heterocycles. The van der Waals surface area contributed by atoms with E-state index in [4.69, 9.17) is 11.6 Å². The lowest BCUT2D eigenvalue weighted by Gasteiger charge is -2.14. The van der Waals surface area contributed by atoms with Crippen molar-refractivity contribution >= 4 is 11.6 Å². The molecule has 0 N–H and O–H groups in total. The third kappa shape index (κ3) is 2.55. The van der Waals surface area contributed by atoms with E-state index in [0.29, 0.717) is 5.38 Å². The summed E-state index contributed by atoms with van der Waals surface area (Å²) < 4.78 is 0. The Balaban J connectivity index is 2.10. The number of hydrogen-bond acceptors (Lipinski definition) is 0. The first-order chi connectivity index (χ1) is 7.16. The molecule has 1 aromatic rings. The topological polar surface area (TPSA) is 0 Å². The molecular formula is C14H19Cl. The molecule has 2 unspecified atom stereocenters. The summed E-state index contributed by atoms with van der Waals surface area (Å²) in [6, 6.07) is 6.58. The maximum atomic E-state index is 6.15. The van der Waals surface area contributed by atoms with Crippen LogP contribution in [0.5, 0.6) is 0 Å². The van der Waals surface area contributed by atoms with E-state index in [1.807, 2.05) is 0 Å². The van der Waals surface area contributed by atoms with Gasteiger partial charge in [0.05, 0.1) is 0 Å². The van der Waals surface area contributed by atoms with Gasteiger partial charge in [-0.25, -0.2) is 0 Å². The minimum absolute atomic E-state index is 0.430. The molecular weight excluding hydrogens is 204 g/mol. The molecule has 2 rings (SSSR count). The fourth-order valence-electron chi connectivity index (χ4n) is 2.66. The molecule has 0 radical (unpaired) electrons. The van der Waals surface area contributed by atoms with E-state index in [2.05, 4.69) is 32.0 Å². The summed E-state index contributed by atoms with van der Waals surface area (Å²) in [5.41, 5.74) is 4.43. The molecule has 1 aromatic carbocycles. The second kappa shape index (κ2) is 4.57. The molecule has 0 saturated heterocycles. The standard InChI is InChI=1S/C14H19Cl/c1-10-4-3-5-11(2)14(10)9-12-6-7-13(15)8-12/h3-5,12-13H,6-9H2,1-2H3. The van der Waals surface area contributed by atoms with Crippen molar-refractivity contribution in [1.82, 2.24) is 0 Å². The highest BCUT2D eigenvalue weighted by Crippen LogP contribution is 2.33. The molecule has 0 bridgehead atoms. The van der Waals surface area contributed by atoms with E-state index in [1.165, 1.54) is 36.8 Å². The van der Waals surface area contributed by atoms with E-state index in [-0.39, 0.29) is 0 Å². The van der Waals surface area contributed by atoms with Gasteiger partial charge >= 0.3 is 0 Å². The molecule has 0 amide bonds. The largest absolute Gasteiger partial charge is 0.123 e. The summed E-state index contributed by atoms with van der Waals surface area (Å²) in [7, 11) is 0. The zero-order valence-electron chi connectivity index (χ0n) is 9.59.